The standard InChI is InChI=1S/C11H21NO3/c1-8(2)15-11(14)7-12-6-9-4-3-5-10(9)13/h8-10,12-13H,3-7H2,1-2H3. The van der Waals surface area contributed by atoms with Crippen molar-refractivity contribution in [2.24, 2.45) is 5.92 Å². The van der Waals surface area contributed by atoms with Crippen LogP contribution < -0.4 is 5.32 Å². The summed E-state index contributed by atoms with van der Waals surface area (Å²) < 4.78 is 4.98. The second-order valence-corrected chi connectivity index (χ2v) is 4.43. The molecular weight excluding hydrogens is 194 g/mol. The predicted molar refractivity (Wildman–Crippen MR) is 57.4 cm³/mol. The molecule has 0 saturated heterocycles. The Kier molecular flexibility index (Phi) is 5.05. The highest BCUT2D eigenvalue weighted by Crippen LogP contribution is 2.24. The summed E-state index contributed by atoms with van der Waals surface area (Å²) in [5, 5.41) is 12.6. The Labute approximate surface area is 91.0 Å². The van der Waals surface area contributed by atoms with Crippen molar-refractivity contribution in [2.75, 3.05) is 13.1 Å². The fourth-order valence-electron chi connectivity index (χ4n) is 1.92. The minimum absolute atomic E-state index is 0.0589. The van der Waals surface area contributed by atoms with Crippen molar-refractivity contribution < 1.29 is 14.6 Å². The fourth-order valence-corrected chi connectivity index (χ4v) is 1.92. The number of ether oxygens (including phenoxy) is 1. The molecule has 0 heterocycles. The van der Waals surface area contributed by atoms with Crippen LogP contribution in [0, 0.1) is 5.92 Å². The largest absolute Gasteiger partial charge is 0.462 e. The van der Waals surface area contributed by atoms with Crippen molar-refractivity contribution in [2.45, 2.75) is 45.3 Å². The molecule has 0 spiro atoms. The number of nitrogens with one attached hydrogen (secondary N) is 1. The van der Waals surface area contributed by atoms with Crippen molar-refractivity contribution in [1.29, 1.82) is 0 Å². The Bertz CT molecular complexity index is 206. The SMILES string of the molecule is CC(C)OC(=O)CNCC1CCCC1O. The van der Waals surface area contributed by atoms with E-state index in [9.17, 15) is 9.90 Å². The first kappa shape index (κ1) is 12.5. The minimum Gasteiger partial charge on any atom is -0.462 e. The number of rotatable bonds is 5. The summed E-state index contributed by atoms with van der Waals surface area (Å²) in [4.78, 5) is 11.2. The van der Waals surface area contributed by atoms with E-state index in [0.717, 1.165) is 19.3 Å². The average Bonchev–Trinajstić information content (AvgIpc) is 2.50. The third-order valence-corrected chi connectivity index (χ3v) is 2.66. The monoisotopic (exact) mass is 215 g/mol. The summed E-state index contributed by atoms with van der Waals surface area (Å²) in [6.45, 7) is 4.60. The molecule has 0 aromatic heterocycles. The number of aliphatic hydroxyl groups is 1. The third kappa shape index (κ3) is 4.62. The summed E-state index contributed by atoms with van der Waals surface area (Å²) >= 11 is 0. The molecule has 0 aromatic rings. The second kappa shape index (κ2) is 6.08. The lowest BCUT2D eigenvalue weighted by atomic mass is 10.1. The van der Waals surface area contributed by atoms with Crippen LogP contribution in [0.25, 0.3) is 0 Å². The number of hydrogen-bond donors (Lipinski definition) is 2. The Morgan fingerprint density at radius 3 is 2.80 bits per heavy atom. The first-order chi connectivity index (χ1) is 7.09. The van der Waals surface area contributed by atoms with Crippen LogP contribution in [-0.2, 0) is 9.53 Å². The molecule has 1 aliphatic rings. The zero-order chi connectivity index (χ0) is 11.3. The van der Waals surface area contributed by atoms with Crippen molar-refractivity contribution in [3.05, 3.63) is 0 Å². The minimum atomic E-state index is -0.225. The van der Waals surface area contributed by atoms with Crippen molar-refractivity contribution in [3.8, 4) is 0 Å². The summed E-state index contributed by atoms with van der Waals surface area (Å²) in [6, 6.07) is 0. The molecule has 2 atom stereocenters. The normalized spacial score (nSPS) is 25.9. The molecule has 2 unspecified atom stereocenters. The van der Waals surface area contributed by atoms with E-state index >= 15 is 0 Å². The van der Waals surface area contributed by atoms with Gasteiger partial charge in [-0.05, 0) is 32.6 Å². The number of aliphatic hydroxyl groups excluding tert-OH is 1. The smallest absolute Gasteiger partial charge is 0.320 e. The van der Waals surface area contributed by atoms with Crippen LogP contribution in [0.5, 0.6) is 0 Å². The molecular formula is C11H21NO3. The lowest BCUT2D eigenvalue weighted by molar-refractivity contribution is -0.146. The van der Waals surface area contributed by atoms with Crippen LogP contribution in [0.4, 0.5) is 0 Å². The van der Waals surface area contributed by atoms with Gasteiger partial charge in [0.1, 0.15) is 0 Å². The van der Waals surface area contributed by atoms with E-state index in [1.165, 1.54) is 0 Å². The second-order valence-electron chi connectivity index (χ2n) is 4.43. The summed E-state index contributed by atoms with van der Waals surface area (Å²) in [5.74, 6) is 0.0781. The summed E-state index contributed by atoms with van der Waals surface area (Å²) in [6.07, 6.45) is 2.77. The molecule has 1 aliphatic carbocycles. The summed E-state index contributed by atoms with van der Waals surface area (Å²) in [5.41, 5.74) is 0. The van der Waals surface area contributed by atoms with Gasteiger partial charge in [0.25, 0.3) is 0 Å². The number of hydrogen-bond acceptors (Lipinski definition) is 4. The maximum atomic E-state index is 11.2. The molecule has 0 aromatic carbocycles. The molecule has 4 nitrogen and oxygen atoms in total. The maximum absolute atomic E-state index is 11.2. The third-order valence-electron chi connectivity index (χ3n) is 2.66. The van der Waals surface area contributed by atoms with Gasteiger partial charge in [0.05, 0.1) is 18.8 Å². The van der Waals surface area contributed by atoms with Crippen LogP contribution in [0.3, 0.4) is 0 Å². The molecule has 2 N–H and O–H groups in total. The van der Waals surface area contributed by atoms with Crippen LogP contribution in [0.2, 0.25) is 0 Å². The quantitative estimate of drug-likeness (QED) is 0.662. The Morgan fingerprint density at radius 1 is 1.53 bits per heavy atom. The van der Waals surface area contributed by atoms with E-state index < -0.39 is 0 Å². The lowest BCUT2D eigenvalue weighted by Crippen LogP contribution is -2.33. The van der Waals surface area contributed by atoms with Gasteiger partial charge >= 0.3 is 5.97 Å². The van der Waals surface area contributed by atoms with E-state index in [4.69, 9.17) is 4.74 Å². The maximum Gasteiger partial charge on any atom is 0.320 e. The van der Waals surface area contributed by atoms with Gasteiger partial charge in [-0.2, -0.15) is 0 Å². The van der Waals surface area contributed by atoms with Crippen molar-refractivity contribution >= 4 is 5.97 Å². The van der Waals surface area contributed by atoms with Gasteiger partial charge in [0, 0.05) is 6.54 Å². The highest BCUT2D eigenvalue weighted by molar-refractivity contribution is 5.71. The van der Waals surface area contributed by atoms with Crippen LogP contribution in [0.15, 0.2) is 0 Å². The van der Waals surface area contributed by atoms with E-state index in [1.807, 2.05) is 13.8 Å². The van der Waals surface area contributed by atoms with Crippen LogP contribution in [-0.4, -0.2) is 36.4 Å². The first-order valence-corrected chi connectivity index (χ1v) is 5.68. The van der Waals surface area contributed by atoms with Gasteiger partial charge in [0.15, 0.2) is 0 Å². The van der Waals surface area contributed by atoms with Crippen molar-refractivity contribution in [1.82, 2.24) is 5.32 Å². The average molecular weight is 215 g/mol. The molecule has 1 rings (SSSR count). The Morgan fingerprint density at radius 2 is 2.27 bits per heavy atom. The molecule has 1 saturated carbocycles. The van der Waals surface area contributed by atoms with Gasteiger partial charge in [-0.25, -0.2) is 0 Å². The zero-order valence-corrected chi connectivity index (χ0v) is 9.53. The molecule has 4 heteroatoms. The van der Waals surface area contributed by atoms with E-state index in [1.54, 1.807) is 0 Å². The highest BCUT2D eigenvalue weighted by Gasteiger charge is 2.24. The van der Waals surface area contributed by atoms with E-state index in [2.05, 4.69) is 5.32 Å². The van der Waals surface area contributed by atoms with Crippen LogP contribution >= 0.6 is 0 Å². The summed E-state index contributed by atoms with van der Waals surface area (Å²) in [7, 11) is 0. The van der Waals surface area contributed by atoms with E-state index in [0.29, 0.717) is 12.5 Å². The predicted octanol–water partition coefficient (Wildman–Crippen LogP) is 0.689. The van der Waals surface area contributed by atoms with Gasteiger partial charge in [-0.1, -0.05) is 6.42 Å². The number of carbonyl (C=O) groups excluding carboxylic acids is 1. The Hall–Kier alpha value is -0.610. The molecule has 1 fully saturated rings. The topological polar surface area (TPSA) is 58.6 Å². The van der Waals surface area contributed by atoms with Gasteiger partial charge < -0.3 is 15.2 Å². The highest BCUT2D eigenvalue weighted by atomic mass is 16.5. The van der Waals surface area contributed by atoms with E-state index in [-0.39, 0.29) is 24.7 Å². The van der Waals surface area contributed by atoms with Crippen LogP contribution in [0.1, 0.15) is 33.1 Å². The van der Waals surface area contributed by atoms with Gasteiger partial charge in [-0.15, -0.1) is 0 Å². The molecule has 0 amide bonds. The molecule has 0 bridgehead atoms. The molecule has 0 radical (unpaired) electrons. The molecule has 15 heavy (non-hydrogen) atoms. The zero-order valence-electron chi connectivity index (χ0n) is 9.53. The molecule has 0 aliphatic heterocycles. The number of esters is 1. The lowest BCUT2D eigenvalue weighted by Gasteiger charge is -2.15. The van der Waals surface area contributed by atoms with Gasteiger partial charge in [-0.3, -0.25) is 4.79 Å². The number of carbonyl (C=O) groups is 1. The Balaban J connectivity index is 2.08. The fraction of sp³-hybridized carbons (Fsp3) is 0.909. The first-order valence-electron chi connectivity index (χ1n) is 5.68. The van der Waals surface area contributed by atoms with Crippen molar-refractivity contribution in [3.63, 3.8) is 0 Å². The van der Waals surface area contributed by atoms with Gasteiger partial charge in [0.2, 0.25) is 0 Å². The molecule has 88 valence electrons.